The molecule has 1 N–H and O–H groups in total. The zero-order valence-electron chi connectivity index (χ0n) is 2.31. The lowest BCUT2D eigenvalue weighted by Crippen LogP contribution is -1.93. The van der Waals surface area contributed by atoms with Gasteiger partial charge in [-0.3, -0.25) is 0 Å². The molecule has 4 heavy (non-hydrogen) atoms. The molecule has 0 fully saturated rings. The molecule has 19 valence electrons. The van der Waals surface area contributed by atoms with Crippen molar-refractivity contribution in [3.05, 3.63) is 0 Å². The SMILES string of the molecule is [B][B]CO. The van der Waals surface area contributed by atoms with E-state index in [0.717, 1.165) is 0 Å². The van der Waals surface area contributed by atoms with E-state index in [1.807, 2.05) is 0 Å². The van der Waals surface area contributed by atoms with Crippen LogP contribution in [0.1, 0.15) is 0 Å². The van der Waals surface area contributed by atoms with Crippen molar-refractivity contribution in [3.63, 3.8) is 0 Å². The highest BCUT2D eigenvalue weighted by Crippen LogP contribution is 1.32. The van der Waals surface area contributed by atoms with Crippen LogP contribution in [-0.4, -0.2) is 26.5 Å². The molecular formula is CH3B2O. The van der Waals surface area contributed by atoms with E-state index >= 15 is 0 Å². The second-order valence-electron chi connectivity index (χ2n) is 0.418. The van der Waals surface area contributed by atoms with Crippen LogP contribution in [0.3, 0.4) is 0 Å². The van der Waals surface area contributed by atoms with Crippen molar-refractivity contribution >= 4 is 14.9 Å². The fourth-order valence-electron chi connectivity index (χ4n) is 0. The molecule has 0 aliphatic heterocycles. The molecule has 0 aromatic heterocycles. The van der Waals surface area contributed by atoms with E-state index in [0.29, 0.717) is 0 Å². The Labute approximate surface area is 27.7 Å². The average molecular weight is 52.7 g/mol. The van der Waals surface area contributed by atoms with Crippen LogP contribution < -0.4 is 0 Å². The van der Waals surface area contributed by atoms with E-state index < -0.39 is 0 Å². The van der Waals surface area contributed by atoms with Crippen LogP contribution in [0.5, 0.6) is 0 Å². The highest BCUT2D eigenvalue weighted by molar-refractivity contribution is 6.89. The second kappa shape index (κ2) is 3.09. The van der Waals surface area contributed by atoms with E-state index in [9.17, 15) is 0 Å². The summed E-state index contributed by atoms with van der Waals surface area (Å²) in [5, 5.41) is 7.69. The van der Waals surface area contributed by atoms with Gasteiger partial charge in [0.2, 0.25) is 0 Å². The summed E-state index contributed by atoms with van der Waals surface area (Å²) in [5.74, 6) is 0. The molecule has 0 heterocycles. The summed E-state index contributed by atoms with van der Waals surface area (Å²) in [6.45, 7) is -0.0278. The smallest absolute Gasteiger partial charge is 0.0893 e. The van der Waals surface area contributed by atoms with Crippen molar-refractivity contribution in [1.82, 2.24) is 0 Å². The third kappa shape index (κ3) is 2.09. The van der Waals surface area contributed by atoms with Crippen molar-refractivity contribution in [2.24, 2.45) is 0 Å². The first kappa shape index (κ1) is 4.09. The third-order valence-electron chi connectivity index (χ3n) is 0.105. The van der Waals surface area contributed by atoms with Gasteiger partial charge < -0.3 is 5.11 Å². The molecule has 0 atom stereocenters. The minimum absolute atomic E-state index is 0.0278. The average Bonchev–Trinajstić information content (AvgIpc) is 1.37. The molecule has 0 aromatic rings. The van der Waals surface area contributed by atoms with Crippen molar-refractivity contribution < 1.29 is 5.11 Å². The number of hydrogen-bond donors (Lipinski definition) is 1. The van der Waals surface area contributed by atoms with E-state index in [4.69, 9.17) is 5.11 Å². The van der Waals surface area contributed by atoms with Gasteiger partial charge in [-0.15, -0.1) is 0 Å². The lowest BCUT2D eigenvalue weighted by molar-refractivity contribution is 0.368. The molecule has 0 aliphatic rings. The van der Waals surface area contributed by atoms with Crippen LogP contribution in [-0.2, 0) is 0 Å². The summed E-state index contributed by atoms with van der Waals surface area (Å²) in [6, 6.07) is 0. The van der Waals surface area contributed by atoms with Crippen molar-refractivity contribution in [2.45, 2.75) is 0 Å². The Morgan fingerprint density at radius 2 is 2.25 bits per heavy atom. The third-order valence-corrected chi connectivity index (χ3v) is 0.105. The summed E-state index contributed by atoms with van der Waals surface area (Å²) in [4.78, 5) is 0. The van der Waals surface area contributed by atoms with Gasteiger partial charge >= 0.3 is 0 Å². The number of hydrogen-bond acceptors (Lipinski definition) is 1. The first-order valence-corrected chi connectivity index (χ1v) is 1.06. The summed E-state index contributed by atoms with van der Waals surface area (Å²) in [6.07, 6.45) is 0. The Balaban J connectivity index is 1.97. The largest absolute Gasteiger partial charge is 0.406 e. The van der Waals surface area contributed by atoms with Gasteiger partial charge in [0.05, 0.1) is 7.17 Å². The molecule has 0 aromatic carbocycles. The number of aliphatic hydroxyl groups excluding tert-OH is 1. The molecule has 0 saturated carbocycles. The molecule has 0 unspecified atom stereocenters. The maximum atomic E-state index is 7.69. The Morgan fingerprint density at radius 1 is 2.00 bits per heavy atom. The lowest BCUT2D eigenvalue weighted by Gasteiger charge is -1.66. The predicted octanol–water partition coefficient (Wildman–Crippen LogP) is -1.28. The van der Waals surface area contributed by atoms with Gasteiger partial charge in [0, 0.05) is 14.2 Å². The highest BCUT2D eigenvalue weighted by atomic mass is 16.2. The standard InChI is InChI=1S/CH3B2O/c2-3-1-4/h4H,1H2. The van der Waals surface area contributed by atoms with Crippen LogP contribution in [0.15, 0.2) is 0 Å². The predicted molar refractivity (Wildman–Crippen MR) is 18.6 cm³/mol. The lowest BCUT2D eigenvalue weighted by atomic mass is 9.57. The topological polar surface area (TPSA) is 20.2 Å². The molecule has 0 aliphatic carbocycles. The highest BCUT2D eigenvalue weighted by Gasteiger charge is 1.61. The van der Waals surface area contributed by atoms with Crippen LogP contribution in [0, 0.1) is 0 Å². The summed E-state index contributed by atoms with van der Waals surface area (Å²) < 4.78 is 0. The maximum absolute atomic E-state index is 7.69. The van der Waals surface area contributed by atoms with Crippen LogP contribution in [0.25, 0.3) is 0 Å². The molecule has 3 radical (unpaired) electrons. The number of aliphatic hydroxyl groups is 1. The van der Waals surface area contributed by atoms with Crippen LogP contribution >= 0.6 is 0 Å². The van der Waals surface area contributed by atoms with Gasteiger partial charge in [-0.2, -0.15) is 0 Å². The van der Waals surface area contributed by atoms with E-state index in [1.54, 1.807) is 0 Å². The van der Waals surface area contributed by atoms with Crippen LogP contribution in [0.4, 0.5) is 0 Å². The second-order valence-corrected chi connectivity index (χ2v) is 0.418. The van der Waals surface area contributed by atoms with Gasteiger partial charge in [-0.05, 0) is 0 Å². The summed E-state index contributed by atoms with van der Waals surface area (Å²) >= 11 is 0. The van der Waals surface area contributed by atoms with Gasteiger partial charge in [-0.1, -0.05) is 0 Å². The first-order valence-electron chi connectivity index (χ1n) is 1.06. The van der Waals surface area contributed by atoms with Crippen molar-refractivity contribution in [1.29, 1.82) is 0 Å². The zero-order chi connectivity index (χ0) is 3.41. The van der Waals surface area contributed by atoms with Crippen molar-refractivity contribution in [2.75, 3.05) is 6.51 Å². The molecule has 0 amide bonds. The molecular weight excluding hydrogens is 49.6 g/mol. The van der Waals surface area contributed by atoms with Gasteiger partial charge in [0.1, 0.15) is 0 Å². The fraction of sp³-hybridized carbons (Fsp3) is 1.00. The maximum Gasteiger partial charge on any atom is 0.0893 e. The van der Waals surface area contributed by atoms with Crippen LogP contribution in [0.2, 0.25) is 0 Å². The zero-order valence-corrected chi connectivity index (χ0v) is 2.31. The quantitative estimate of drug-likeness (QED) is 0.369. The van der Waals surface area contributed by atoms with Gasteiger partial charge in [-0.25, -0.2) is 0 Å². The molecule has 1 nitrogen and oxygen atoms in total. The number of rotatable bonds is 1. The van der Waals surface area contributed by atoms with E-state index in [1.165, 1.54) is 7.17 Å². The van der Waals surface area contributed by atoms with E-state index in [2.05, 4.69) is 7.74 Å². The minimum Gasteiger partial charge on any atom is -0.406 e. The molecule has 0 saturated heterocycles. The molecule has 3 heteroatoms. The fourth-order valence-corrected chi connectivity index (χ4v) is 0. The minimum atomic E-state index is -0.0278. The Kier molecular flexibility index (Phi) is 3.16. The Hall–Kier alpha value is 0.0899. The van der Waals surface area contributed by atoms with E-state index in [-0.39, 0.29) is 6.51 Å². The van der Waals surface area contributed by atoms with Gasteiger partial charge in [0.15, 0.2) is 0 Å². The monoisotopic (exact) mass is 53.0 g/mol. The molecule has 0 rings (SSSR count). The summed E-state index contributed by atoms with van der Waals surface area (Å²) in [5.41, 5.74) is 0. The summed E-state index contributed by atoms with van der Waals surface area (Å²) in [7, 11) is 5.83. The molecule has 0 bridgehead atoms. The Morgan fingerprint density at radius 3 is 2.25 bits per heavy atom. The van der Waals surface area contributed by atoms with Crippen molar-refractivity contribution in [3.8, 4) is 0 Å². The normalized spacial score (nSPS) is 6.25. The molecule has 0 spiro atoms. The van der Waals surface area contributed by atoms with Gasteiger partial charge in [0.25, 0.3) is 0 Å². The first-order chi connectivity index (χ1) is 1.91. The Bertz CT molecular complexity index is 8.00.